The Morgan fingerprint density at radius 1 is 0.857 bits per heavy atom. The number of aryl methyl sites for hydroxylation is 2. The van der Waals surface area contributed by atoms with Crippen molar-refractivity contribution < 1.29 is 4.79 Å². The van der Waals surface area contributed by atoms with Crippen molar-refractivity contribution in [2.24, 2.45) is 0 Å². The van der Waals surface area contributed by atoms with E-state index in [-0.39, 0.29) is 11.5 Å². The number of amides is 1. The predicted molar refractivity (Wildman–Crippen MR) is 111 cm³/mol. The van der Waals surface area contributed by atoms with Crippen molar-refractivity contribution in [2.75, 3.05) is 5.43 Å². The first-order chi connectivity index (χ1) is 13.5. The maximum Gasteiger partial charge on any atom is 0.280 e. The van der Waals surface area contributed by atoms with Gasteiger partial charge in [0.2, 0.25) is 0 Å². The fourth-order valence-corrected chi connectivity index (χ4v) is 3.00. The Balaban J connectivity index is 1.87. The molecule has 0 aliphatic heterocycles. The van der Waals surface area contributed by atoms with Crippen LogP contribution in [-0.4, -0.2) is 15.6 Å². The zero-order valence-electron chi connectivity index (χ0n) is 15.6. The summed E-state index contributed by atoms with van der Waals surface area (Å²) in [5, 5.41) is 0.447. The number of rotatable bonds is 3. The number of benzene rings is 3. The second-order valence-electron chi connectivity index (χ2n) is 6.77. The summed E-state index contributed by atoms with van der Waals surface area (Å²) in [6.07, 6.45) is 0. The number of carbonyl (C=O) groups is 1. The molecule has 4 aromatic rings. The second-order valence-corrected chi connectivity index (χ2v) is 6.77. The third-order valence-corrected chi connectivity index (χ3v) is 4.61. The molecule has 0 saturated carbocycles. The molecule has 5 heteroatoms. The van der Waals surface area contributed by atoms with Crippen LogP contribution in [0.5, 0.6) is 0 Å². The van der Waals surface area contributed by atoms with Gasteiger partial charge in [-0.25, -0.2) is 4.98 Å². The Hall–Kier alpha value is -3.73. The lowest BCUT2D eigenvalue weighted by Gasteiger charge is -2.15. The lowest BCUT2D eigenvalue weighted by molar-refractivity contribution is 0.101. The topological polar surface area (TPSA) is 64.0 Å². The van der Waals surface area contributed by atoms with Crippen LogP contribution in [0.2, 0.25) is 0 Å². The molecule has 138 valence electrons. The van der Waals surface area contributed by atoms with Gasteiger partial charge in [-0.1, -0.05) is 59.7 Å². The molecule has 0 radical (unpaired) electrons. The van der Waals surface area contributed by atoms with Gasteiger partial charge >= 0.3 is 0 Å². The van der Waals surface area contributed by atoms with Crippen LogP contribution < -0.4 is 11.0 Å². The van der Waals surface area contributed by atoms with Gasteiger partial charge in [0.25, 0.3) is 11.5 Å². The van der Waals surface area contributed by atoms with Crippen molar-refractivity contribution in [3.8, 4) is 11.4 Å². The van der Waals surface area contributed by atoms with Gasteiger partial charge in [0.15, 0.2) is 5.82 Å². The van der Waals surface area contributed by atoms with Gasteiger partial charge in [-0.15, -0.1) is 0 Å². The maximum atomic E-state index is 13.1. The fraction of sp³-hybridized carbons (Fsp3) is 0.0870. The van der Waals surface area contributed by atoms with Crippen molar-refractivity contribution in [3.05, 3.63) is 99.8 Å². The van der Waals surface area contributed by atoms with E-state index in [1.54, 1.807) is 30.3 Å². The molecule has 1 aromatic heterocycles. The zero-order valence-corrected chi connectivity index (χ0v) is 15.6. The SMILES string of the molecule is Cc1ccc(C(=O)Nn2c(-c3ccc(C)cc3)nc3ccccc3c2=O)cc1. The van der Waals surface area contributed by atoms with E-state index >= 15 is 0 Å². The highest BCUT2D eigenvalue weighted by Gasteiger charge is 2.15. The highest BCUT2D eigenvalue weighted by Crippen LogP contribution is 2.19. The van der Waals surface area contributed by atoms with Gasteiger partial charge in [0.1, 0.15) is 0 Å². The first-order valence-corrected chi connectivity index (χ1v) is 9.00. The average molecular weight is 369 g/mol. The molecule has 0 aliphatic carbocycles. The van der Waals surface area contributed by atoms with Crippen molar-refractivity contribution in [2.45, 2.75) is 13.8 Å². The summed E-state index contributed by atoms with van der Waals surface area (Å²) in [6.45, 7) is 3.94. The smallest absolute Gasteiger partial charge is 0.267 e. The quantitative estimate of drug-likeness (QED) is 0.592. The highest BCUT2D eigenvalue weighted by atomic mass is 16.2. The molecule has 1 heterocycles. The van der Waals surface area contributed by atoms with Crippen LogP contribution in [0, 0.1) is 13.8 Å². The summed E-state index contributed by atoms with van der Waals surface area (Å²) in [5.74, 6) is 0.0247. The van der Waals surface area contributed by atoms with Crippen LogP contribution in [0.4, 0.5) is 0 Å². The number of aromatic nitrogens is 2. The van der Waals surface area contributed by atoms with Crippen LogP contribution in [-0.2, 0) is 0 Å². The molecule has 0 fully saturated rings. The van der Waals surface area contributed by atoms with Gasteiger partial charge in [-0.2, -0.15) is 4.68 Å². The number of carbonyl (C=O) groups excluding carboxylic acids is 1. The van der Waals surface area contributed by atoms with E-state index in [1.807, 2.05) is 56.3 Å². The number of hydrogen-bond donors (Lipinski definition) is 1. The summed E-state index contributed by atoms with van der Waals surface area (Å²) in [6, 6.07) is 22.0. The number of nitrogens with one attached hydrogen (secondary N) is 1. The molecule has 1 amide bonds. The van der Waals surface area contributed by atoms with E-state index in [2.05, 4.69) is 10.4 Å². The third kappa shape index (κ3) is 3.30. The average Bonchev–Trinajstić information content (AvgIpc) is 2.71. The molecule has 3 aromatic carbocycles. The minimum atomic E-state index is -0.368. The first kappa shape index (κ1) is 17.7. The lowest BCUT2D eigenvalue weighted by atomic mass is 10.1. The summed E-state index contributed by atoms with van der Waals surface area (Å²) < 4.78 is 1.23. The predicted octanol–water partition coefficient (Wildman–Crippen LogP) is 4.06. The third-order valence-electron chi connectivity index (χ3n) is 4.61. The minimum absolute atomic E-state index is 0.318. The van der Waals surface area contributed by atoms with Crippen molar-refractivity contribution in [1.82, 2.24) is 9.66 Å². The van der Waals surface area contributed by atoms with Crippen molar-refractivity contribution in [3.63, 3.8) is 0 Å². The monoisotopic (exact) mass is 369 g/mol. The van der Waals surface area contributed by atoms with E-state index < -0.39 is 0 Å². The van der Waals surface area contributed by atoms with Gasteiger partial charge < -0.3 is 0 Å². The van der Waals surface area contributed by atoms with Crippen LogP contribution in [0.25, 0.3) is 22.3 Å². The fourth-order valence-electron chi connectivity index (χ4n) is 3.00. The number of nitrogens with zero attached hydrogens (tertiary/aromatic N) is 2. The Kier molecular flexibility index (Phi) is 4.49. The first-order valence-electron chi connectivity index (χ1n) is 9.00. The Labute approximate surface area is 162 Å². The van der Waals surface area contributed by atoms with Gasteiger partial charge in [0, 0.05) is 11.1 Å². The normalized spacial score (nSPS) is 10.8. The summed E-state index contributed by atoms with van der Waals surface area (Å²) >= 11 is 0. The molecule has 0 spiro atoms. The highest BCUT2D eigenvalue weighted by molar-refractivity contribution is 6.00. The number of fused-ring (bicyclic) bond motifs is 1. The Morgan fingerprint density at radius 2 is 1.46 bits per heavy atom. The molecule has 28 heavy (non-hydrogen) atoms. The molecule has 5 nitrogen and oxygen atoms in total. The standard InChI is InChI=1S/C23H19N3O2/c1-15-7-11-17(12-8-15)21-24-20-6-4-3-5-19(20)23(28)26(21)25-22(27)18-13-9-16(2)10-14-18/h3-14H,1-2H3,(H,25,27). The van der Waals surface area contributed by atoms with Gasteiger partial charge in [0.05, 0.1) is 10.9 Å². The molecule has 0 atom stereocenters. The molecule has 0 unspecified atom stereocenters. The Bertz CT molecular complexity index is 1220. The van der Waals surface area contributed by atoms with E-state index in [0.29, 0.717) is 22.3 Å². The largest absolute Gasteiger partial charge is 0.280 e. The van der Waals surface area contributed by atoms with Crippen molar-refractivity contribution >= 4 is 16.8 Å². The summed E-state index contributed by atoms with van der Waals surface area (Å²) in [7, 11) is 0. The lowest BCUT2D eigenvalue weighted by Crippen LogP contribution is -2.35. The van der Waals surface area contributed by atoms with E-state index in [9.17, 15) is 9.59 Å². The molecule has 0 bridgehead atoms. The van der Waals surface area contributed by atoms with Crippen LogP contribution in [0.15, 0.2) is 77.6 Å². The molecular formula is C23H19N3O2. The van der Waals surface area contributed by atoms with Gasteiger partial charge in [-0.05, 0) is 38.1 Å². The number of para-hydroxylation sites is 1. The summed E-state index contributed by atoms with van der Waals surface area (Å²) in [5.41, 5.74) is 6.37. The molecular weight excluding hydrogens is 350 g/mol. The molecule has 4 rings (SSSR count). The summed E-state index contributed by atoms with van der Waals surface area (Å²) in [4.78, 5) is 30.5. The maximum absolute atomic E-state index is 13.1. The molecule has 0 saturated heterocycles. The molecule has 0 aliphatic rings. The minimum Gasteiger partial charge on any atom is -0.267 e. The number of hydrogen-bond acceptors (Lipinski definition) is 3. The Morgan fingerprint density at radius 3 is 2.14 bits per heavy atom. The van der Waals surface area contributed by atoms with Crippen LogP contribution in [0.3, 0.4) is 0 Å². The van der Waals surface area contributed by atoms with Gasteiger partial charge in [-0.3, -0.25) is 15.0 Å². The molecule has 1 N–H and O–H groups in total. The van der Waals surface area contributed by atoms with E-state index in [1.165, 1.54) is 4.68 Å². The van der Waals surface area contributed by atoms with Crippen molar-refractivity contribution in [1.29, 1.82) is 0 Å². The second kappa shape index (κ2) is 7.12. The van der Waals surface area contributed by atoms with Crippen LogP contribution >= 0.6 is 0 Å². The zero-order chi connectivity index (χ0) is 19.7. The van der Waals surface area contributed by atoms with E-state index in [4.69, 9.17) is 0 Å². The van der Waals surface area contributed by atoms with E-state index in [0.717, 1.165) is 16.7 Å². The van der Waals surface area contributed by atoms with Crippen LogP contribution in [0.1, 0.15) is 21.5 Å².